The highest BCUT2D eigenvalue weighted by atomic mass is 32.1. The molecular formula is C15H20N2OS. The van der Waals surface area contributed by atoms with Crippen LogP contribution >= 0.6 is 11.3 Å². The second-order valence-electron chi connectivity index (χ2n) is 5.10. The molecule has 4 heteroatoms. The van der Waals surface area contributed by atoms with Crippen molar-refractivity contribution in [3.05, 3.63) is 29.3 Å². The molecule has 0 spiro atoms. The van der Waals surface area contributed by atoms with Crippen molar-refractivity contribution in [3.63, 3.8) is 0 Å². The van der Waals surface area contributed by atoms with E-state index in [1.165, 1.54) is 16.1 Å². The lowest BCUT2D eigenvalue weighted by Crippen LogP contribution is -2.23. The van der Waals surface area contributed by atoms with Crippen LogP contribution in [0.4, 0.5) is 0 Å². The third-order valence-electron chi connectivity index (χ3n) is 3.65. The summed E-state index contributed by atoms with van der Waals surface area (Å²) in [4.78, 5) is 4.79. The van der Waals surface area contributed by atoms with Crippen molar-refractivity contribution in [1.29, 1.82) is 0 Å². The Balaban J connectivity index is 1.81. The SMILES string of the molecule is CCNC(CC1CCOC1)c1nc2ccccc2s1. The predicted octanol–water partition coefficient (Wildman–Crippen LogP) is 3.37. The number of para-hydroxylation sites is 1. The third-order valence-corrected chi connectivity index (χ3v) is 4.80. The molecule has 2 atom stereocenters. The molecule has 0 radical (unpaired) electrons. The van der Waals surface area contributed by atoms with Gasteiger partial charge in [-0.2, -0.15) is 0 Å². The fraction of sp³-hybridized carbons (Fsp3) is 0.533. The number of benzene rings is 1. The Morgan fingerprint density at radius 1 is 1.47 bits per heavy atom. The van der Waals surface area contributed by atoms with Gasteiger partial charge in [0.25, 0.3) is 0 Å². The lowest BCUT2D eigenvalue weighted by molar-refractivity contribution is 0.181. The van der Waals surface area contributed by atoms with Crippen molar-refractivity contribution in [3.8, 4) is 0 Å². The van der Waals surface area contributed by atoms with E-state index >= 15 is 0 Å². The van der Waals surface area contributed by atoms with Crippen molar-refractivity contribution in [2.75, 3.05) is 19.8 Å². The Morgan fingerprint density at radius 3 is 3.11 bits per heavy atom. The molecule has 1 N–H and O–H groups in total. The van der Waals surface area contributed by atoms with Gasteiger partial charge >= 0.3 is 0 Å². The van der Waals surface area contributed by atoms with Gasteiger partial charge in [0.2, 0.25) is 0 Å². The zero-order valence-corrected chi connectivity index (χ0v) is 12.1. The average molecular weight is 276 g/mol. The number of aromatic nitrogens is 1. The monoisotopic (exact) mass is 276 g/mol. The molecule has 2 aromatic rings. The summed E-state index contributed by atoms with van der Waals surface area (Å²) in [6.45, 7) is 4.97. The molecule has 102 valence electrons. The van der Waals surface area contributed by atoms with Gasteiger partial charge in [-0.05, 0) is 37.4 Å². The number of thiazole rings is 1. The second kappa shape index (κ2) is 5.99. The first-order valence-electron chi connectivity index (χ1n) is 7.03. The van der Waals surface area contributed by atoms with Gasteiger partial charge in [0.15, 0.2) is 0 Å². The lowest BCUT2D eigenvalue weighted by atomic mass is 9.99. The summed E-state index contributed by atoms with van der Waals surface area (Å²) in [5.41, 5.74) is 1.12. The van der Waals surface area contributed by atoms with Crippen molar-refractivity contribution in [1.82, 2.24) is 10.3 Å². The van der Waals surface area contributed by atoms with Gasteiger partial charge in [0, 0.05) is 13.2 Å². The van der Waals surface area contributed by atoms with E-state index in [-0.39, 0.29) is 0 Å². The summed E-state index contributed by atoms with van der Waals surface area (Å²) in [5.74, 6) is 0.677. The molecule has 0 bridgehead atoms. The number of nitrogens with one attached hydrogen (secondary N) is 1. The van der Waals surface area contributed by atoms with E-state index in [4.69, 9.17) is 9.72 Å². The highest BCUT2D eigenvalue weighted by molar-refractivity contribution is 7.18. The van der Waals surface area contributed by atoms with Gasteiger partial charge in [-0.25, -0.2) is 4.98 Å². The maximum Gasteiger partial charge on any atom is 0.111 e. The van der Waals surface area contributed by atoms with E-state index in [1.54, 1.807) is 0 Å². The summed E-state index contributed by atoms with van der Waals surface area (Å²) in [6, 6.07) is 8.75. The summed E-state index contributed by atoms with van der Waals surface area (Å²) in [6.07, 6.45) is 2.32. The van der Waals surface area contributed by atoms with Crippen molar-refractivity contribution in [2.24, 2.45) is 5.92 Å². The van der Waals surface area contributed by atoms with E-state index in [0.29, 0.717) is 12.0 Å². The summed E-state index contributed by atoms with van der Waals surface area (Å²) in [7, 11) is 0. The quantitative estimate of drug-likeness (QED) is 0.909. The Bertz CT molecular complexity index is 501. The summed E-state index contributed by atoms with van der Waals surface area (Å²) >= 11 is 1.81. The fourth-order valence-corrected chi connectivity index (χ4v) is 3.72. The minimum Gasteiger partial charge on any atom is -0.381 e. The largest absolute Gasteiger partial charge is 0.381 e. The zero-order valence-electron chi connectivity index (χ0n) is 11.3. The molecule has 1 aliphatic rings. The highest BCUT2D eigenvalue weighted by Gasteiger charge is 2.23. The molecule has 1 aliphatic heterocycles. The molecule has 3 nitrogen and oxygen atoms in total. The maximum atomic E-state index is 5.49. The minimum atomic E-state index is 0.370. The number of rotatable bonds is 5. The topological polar surface area (TPSA) is 34.1 Å². The maximum absolute atomic E-state index is 5.49. The molecule has 0 saturated carbocycles. The van der Waals surface area contributed by atoms with Gasteiger partial charge in [0.1, 0.15) is 5.01 Å². The van der Waals surface area contributed by atoms with Gasteiger partial charge in [-0.15, -0.1) is 11.3 Å². The minimum absolute atomic E-state index is 0.370. The highest BCUT2D eigenvalue weighted by Crippen LogP contribution is 2.31. The summed E-state index contributed by atoms with van der Waals surface area (Å²) in [5, 5.41) is 4.80. The van der Waals surface area contributed by atoms with E-state index in [0.717, 1.165) is 31.7 Å². The van der Waals surface area contributed by atoms with E-state index in [2.05, 4.69) is 36.5 Å². The standard InChI is InChI=1S/C15H20N2OS/c1-2-16-13(9-11-7-8-18-10-11)15-17-12-5-3-4-6-14(12)19-15/h3-6,11,13,16H,2,7-10H2,1H3. The van der Waals surface area contributed by atoms with Gasteiger partial charge in [0.05, 0.1) is 16.3 Å². The number of fused-ring (bicyclic) bond motifs is 1. The Hall–Kier alpha value is -0.970. The van der Waals surface area contributed by atoms with Crippen molar-refractivity contribution >= 4 is 21.6 Å². The van der Waals surface area contributed by atoms with Gasteiger partial charge in [-0.1, -0.05) is 19.1 Å². The van der Waals surface area contributed by atoms with Crippen LogP contribution in [-0.4, -0.2) is 24.7 Å². The Kier molecular flexibility index (Phi) is 4.11. The molecule has 0 amide bonds. The first-order valence-corrected chi connectivity index (χ1v) is 7.85. The van der Waals surface area contributed by atoms with Crippen LogP contribution in [0, 0.1) is 5.92 Å². The van der Waals surface area contributed by atoms with Gasteiger partial charge < -0.3 is 10.1 Å². The van der Waals surface area contributed by atoms with Crippen LogP contribution in [-0.2, 0) is 4.74 Å². The first-order chi connectivity index (χ1) is 9.36. The van der Waals surface area contributed by atoms with Crippen molar-refractivity contribution in [2.45, 2.75) is 25.8 Å². The Labute approximate surface area is 118 Å². The number of nitrogens with zero attached hydrogens (tertiary/aromatic N) is 1. The van der Waals surface area contributed by atoms with E-state index in [9.17, 15) is 0 Å². The number of hydrogen-bond acceptors (Lipinski definition) is 4. The molecule has 1 fully saturated rings. The van der Waals surface area contributed by atoms with Crippen LogP contribution in [0.1, 0.15) is 30.8 Å². The number of hydrogen-bond donors (Lipinski definition) is 1. The normalized spacial score (nSPS) is 21.0. The molecule has 1 aromatic carbocycles. The van der Waals surface area contributed by atoms with Crippen LogP contribution in [0.5, 0.6) is 0 Å². The van der Waals surface area contributed by atoms with E-state index in [1.807, 2.05) is 11.3 Å². The molecule has 1 saturated heterocycles. The molecule has 0 aliphatic carbocycles. The summed E-state index contributed by atoms with van der Waals surface area (Å²) < 4.78 is 6.77. The van der Waals surface area contributed by atoms with Crippen LogP contribution in [0.25, 0.3) is 10.2 Å². The van der Waals surface area contributed by atoms with Gasteiger partial charge in [-0.3, -0.25) is 0 Å². The van der Waals surface area contributed by atoms with E-state index < -0.39 is 0 Å². The smallest absolute Gasteiger partial charge is 0.111 e. The fourth-order valence-electron chi connectivity index (χ4n) is 2.66. The first kappa shape index (κ1) is 13.0. The van der Waals surface area contributed by atoms with Crippen LogP contribution in [0.3, 0.4) is 0 Å². The molecule has 2 heterocycles. The molecule has 3 rings (SSSR count). The van der Waals surface area contributed by atoms with Crippen LogP contribution < -0.4 is 5.32 Å². The van der Waals surface area contributed by atoms with Crippen molar-refractivity contribution < 1.29 is 4.74 Å². The lowest BCUT2D eigenvalue weighted by Gasteiger charge is -2.18. The Morgan fingerprint density at radius 2 is 2.37 bits per heavy atom. The molecular weight excluding hydrogens is 256 g/mol. The van der Waals surface area contributed by atoms with Crippen LogP contribution in [0.2, 0.25) is 0 Å². The molecule has 2 unspecified atom stereocenters. The third kappa shape index (κ3) is 2.96. The van der Waals surface area contributed by atoms with Crippen LogP contribution in [0.15, 0.2) is 24.3 Å². The second-order valence-corrected chi connectivity index (χ2v) is 6.16. The zero-order chi connectivity index (χ0) is 13.1. The molecule has 19 heavy (non-hydrogen) atoms. The molecule has 1 aromatic heterocycles. The average Bonchev–Trinajstić information content (AvgIpc) is 3.06. The predicted molar refractivity (Wildman–Crippen MR) is 79.6 cm³/mol. The number of ether oxygens (including phenoxy) is 1.